The molecule has 5 heteroatoms. The lowest BCUT2D eigenvalue weighted by atomic mass is 10.4. The standard InChI is InChI=1S/C7H10BrN3O/c1-11(2)10-7(12)6-3-5(8)4-9-6/h3-4,9H,1-2H3,(H,10,12). The van der Waals surface area contributed by atoms with Crippen LogP contribution in [0.3, 0.4) is 0 Å². The van der Waals surface area contributed by atoms with Gasteiger partial charge in [-0.2, -0.15) is 0 Å². The second-order valence-electron chi connectivity index (χ2n) is 2.57. The smallest absolute Gasteiger partial charge is 0.281 e. The Hall–Kier alpha value is -0.810. The van der Waals surface area contributed by atoms with Crippen LogP contribution in [-0.2, 0) is 0 Å². The Kier molecular flexibility index (Phi) is 2.88. The summed E-state index contributed by atoms with van der Waals surface area (Å²) < 4.78 is 0.867. The minimum absolute atomic E-state index is 0.147. The van der Waals surface area contributed by atoms with Crippen molar-refractivity contribution >= 4 is 21.8 Å². The molecule has 0 aliphatic heterocycles. The first-order valence-corrected chi connectivity index (χ1v) is 4.21. The maximum atomic E-state index is 11.3. The highest BCUT2D eigenvalue weighted by Crippen LogP contribution is 2.09. The molecule has 0 atom stereocenters. The number of rotatable bonds is 2. The third-order valence-corrected chi connectivity index (χ3v) is 1.68. The number of hydrogen-bond acceptors (Lipinski definition) is 2. The van der Waals surface area contributed by atoms with E-state index in [1.165, 1.54) is 0 Å². The van der Waals surface area contributed by atoms with E-state index in [2.05, 4.69) is 26.3 Å². The fraction of sp³-hybridized carbons (Fsp3) is 0.286. The van der Waals surface area contributed by atoms with Crippen molar-refractivity contribution in [2.75, 3.05) is 14.1 Å². The molecule has 1 heterocycles. The molecule has 1 rings (SSSR count). The van der Waals surface area contributed by atoms with Crippen LogP contribution in [0.1, 0.15) is 10.5 Å². The molecule has 1 aromatic heterocycles. The van der Waals surface area contributed by atoms with Gasteiger partial charge in [-0.15, -0.1) is 0 Å². The number of hydrogen-bond donors (Lipinski definition) is 2. The summed E-state index contributed by atoms with van der Waals surface area (Å²) in [7, 11) is 3.52. The van der Waals surface area contributed by atoms with Gasteiger partial charge in [-0.25, -0.2) is 5.01 Å². The minimum Gasteiger partial charge on any atom is -0.356 e. The van der Waals surface area contributed by atoms with Gasteiger partial charge >= 0.3 is 0 Å². The van der Waals surface area contributed by atoms with Gasteiger partial charge in [0.05, 0.1) is 0 Å². The first-order chi connectivity index (χ1) is 5.59. The van der Waals surface area contributed by atoms with Gasteiger partial charge < -0.3 is 4.98 Å². The summed E-state index contributed by atoms with van der Waals surface area (Å²) >= 11 is 3.24. The molecule has 0 radical (unpaired) electrons. The fourth-order valence-electron chi connectivity index (χ4n) is 0.762. The molecule has 0 spiro atoms. The summed E-state index contributed by atoms with van der Waals surface area (Å²) in [4.78, 5) is 14.1. The molecule has 0 unspecified atom stereocenters. The molecule has 2 N–H and O–H groups in total. The number of halogens is 1. The second-order valence-corrected chi connectivity index (χ2v) is 3.48. The van der Waals surface area contributed by atoms with Crippen LogP contribution in [0.15, 0.2) is 16.7 Å². The Morgan fingerprint density at radius 2 is 2.33 bits per heavy atom. The molecule has 0 saturated carbocycles. The van der Waals surface area contributed by atoms with Crippen LogP contribution >= 0.6 is 15.9 Å². The van der Waals surface area contributed by atoms with Crippen LogP contribution in [-0.4, -0.2) is 30.0 Å². The third kappa shape index (κ3) is 2.35. The molecular weight excluding hydrogens is 222 g/mol. The average Bonchev–Trinajstić information content (AvgIpc) is 2.34. The second kappa shape index (κ2) is 3.73. The molecule has 1 amide bonds. The number of aromatic nitrogens is 1. The first-order valence-electron chi connectivity index (χ1n) is 3.42. The number of nitrogens with one attached hydrogen (secondary N) is 2. The third-order valence-electron chi connectivity index (χ3n) is 1.22. The predicted molar refractivity (Wildman–Crippen MR) is 49.6 cm³/mol. The molecule has 0 fully saturated rings. The van der Waals surface area contributed by atoms with E-state index in [4.69, 9.17) is 0 Å². The van der Waals surface area contributed by atoms with Gasteiger partial charge in [0.2, 0.25) is 0 Å². The topological polar surface area (TPSA) is 48.1 Å². The van der Waals surface area contributed by atoms with Gasteiger partial charge in [-0.05, 0) is 22.0 Å². The molecule has 4 nitrogen and oxygen atoms in total. The highest BCUT2D eigenvalue weighted by Gasteiger charge is 2.07. The van der Waals surface area contributed by atoms with E-state index in [1.807, 2.05) is 0 Å². The summed E-state index contributed by atoms with van der Waals surface area (Å²) in [6.45, 7) is 0. The molecule has 0 saturated heterocycles. The SMILES string of the molecule is CN(C)NC(=O)c1cc(Br)c[nH]1. The van der Waals surface area contributed by atoms with Gasteiger partial charge in [0, 0.05) is 24.8 Å². The molecular formula is C7H10BrN3O. The number of aromatic amines is 1. The Morgan fingerprint density at radius 1 is 1.67 bits per heavy atom. The van der Waals surface area contributed by atoms with Crippen LogP contribution in [0.5, 0.6) is 0 Å². The summed E-state index contributed by atoms with van der Waals surface area (Å²) in [5.74, 6) is -0.147. The summed E-state index contributed by atoms with van der Waals surface area (Å²) in [5.41, 5.74) is 3.15. The van der Waals surface area contributed by atoms with E-state index in [1.54, 1.807) is 31.4 Å². The molecule has 12 heavy (non-hydrogen) atoms. The van der Waals surface area contributed by atoms with Crippen molar-refractivity contribution in [1.82, 2.24) is 15.4 Å². The minimum atomic E-state index is -0.147. The van der Waals surface area contributed by atoms with E-state index in [9.17, 15) is 4.79 Å². The van der Waals surface area contributed by atoms with Crippen molar-refractivity contribution in [2.24, 2.45) is 0 Å². The molecule has 0 aliphatic carbocycles. The van der Waals surface area contributed by atoms with Crippen molar-refractivity contribution in [3.05, 3.63) is 22.4 Å². The monoisotopic (exact) mass is 231 g/mol. The fourth-order valence-corrected chi connectivity index (χ4v) is 1.11. The zero-order chi connectivity index (χ0) is 9.14. The van der Waals surface area contributed by atoms with Gasteiger partial charge in [-0.3, -0.25) is 10.2 Å². The highest BCUT2D eigenvalue weighted by molar-refractivity contribution is 9.10. The Balaban J connectivity index is 2.65. The number of hydrazine groups is 1. The number of amides is 1. The van der Waals surface area contributed by atoms with E-state index in [0.29, 0.717) is 5.69 Å². The lowest BCUT2D eigenvalue weighted by Crippen LogP contribution is -2.36. The Bertz CT molecular complexity index is 282. The first kappa shape index (κ1) is 9.28. The van der Waals surface area contributed by atoms with Crippen molar-refractivity contribution in [2.45, 2.75) is 0 Å². The van der Waals surface area contributed by atoms with E-state index in [0.717, 1.165) is 4.47 Å². The maximum Gasteiger partial charge on any atom is 0.281 e. The molecule has 1 aromatic rings. The predicted octanol–water partition coefficient (Wildman–Crippen LogP) is 0.984. The highest BCUT2D eigenvalue weighted by atomic mass is 79.9. The molecule has 0 aliphatic rings. The quantitative estimate of drug-likeness (QED) is 0.747. The van der Waals surface area contributed by atoms with Crippen LogP contribution in [0.2, 0.25) is 0 Å². The van der Waals surface area contributed by atoms with Gasteiger partial charge in [0.15, 0.2) is 0 Å². The zero-order valence-corrected chi connectivity index (χ0v) is 8.47. The van der Waals surface area contributed by atoms with Gasteiger partial charge in [0.1, 0.15) is 5.69 Å². The van der Waals surface area contributed by atoms with Crippen LogP contribution in [0, 0.1) is 0 Å². The van der Waals surface area contributed by atoms with Gasteiger partial charge in [-0.1, -0.05) is 0 Å². The van der Waals surface area contributed by atoms with Crippen LogP contribution in [0.25, 0.3) is 0 Å². The van der Waals surface area contributed by atoms with E-state index < -0.39 is 0 Å². The lowest BCUT2D eigenvalue weighted by Gasteiger charge is -2.09. The molecule has 66 valence electrons. The van der Waals surface area contributed by atoms with Crippen molar-refractivity contribution < 1.29 is 4.79 Å². The summed E-state index contributed by atoms with van der Waals surface area (Å²) in [6, 6.07) is 1.72. The van der Waals surface area contributed by atoms with Crippen molar-refractivity contribution in [1.29, 1.82) is 0 Å². The summed E-state index contributed by atoms with van der Waals surface area (Å²) in [5, 5.41) is 1.59. The molecule has 0 aromatic carbocycles. The maximum absolute atomic E-state index is 11.3. The van der Waals surface area contributed by atoms with Crippen molar-refractivity contribution in [3.8, 4) is 0 Å². The summed E-state index contributed by atoms with van der Waals surface area (Å²) in [6.07, 6.45) is 1.71. The normalized spacial score (nSPS) is 10.3. The van der Waals surface area contributed by atoms with E-state index in [-0.39, 0.29) is 5.91 Å². The Morgan fingerprint density at radius 3 is 2.75 bits per heavy atom. The number of carbonyl (C=O) groups excluding carboxylic acids is 1. The van der Waals surface area contributed by atoms with Crippen LogP contribution < -0.4 is 5.43 Å². The Labute approximate surface area is 79.0 Å². The van der Waals surface area contributed by atoms with Crippen LogP contribution in [0.4, 0.5) is 0 Å². The number of nitrogens with zero attached hydrogens (tertiary/aromatic N) is 1. The average molecular weight is 232 g/mol. The number of carbonyl (C=O) groups is 1. The molecule has 0 bridgehead atoms. The largest absolute Gasteiger partial charge is 0.356 e. The van der Waals surface area contributed by atoms with E-state index >= 15 is 0 Å². The van der Waals surface area contributed by atoms with Gasteiger partial charge in [0.25, 0.3) is 5.91 Å². The lowest BCUT2D eigenvalue weighted by molar-refractivity contribution is 0.0852. The zero-order valence-electron chi connectivity index (χ0n) is 6.89. The number of H-pyrrole nitrogens is 1. The van der Waals surface area contributed by atoms with Crippen molar-refractivity contribution in [3.63, 3.8) is 0 Å².